The van der Waals surface area contributed by atoms with Gasteiger partial charge in [-0.3, -0.25) is 0 Å². The lowest BCUT2D eigenvalue weighted by Gasteiger charge is -1.96. The van der Waals surface area contributed by atoms with Crippen LogP contribution in [-0.2, 0) is 0 Å². The van der Waals surface area contributed by atoms with Crippen molar-refractivity contribution >= 4 is 33.6 Å². The molecule has 0 heterocycles. The van der Waals surface area contributed by atoms with Crippen molar-refractivity contribution in [3.63, 3.8) is 0 Å². The van der Waals surface area contributed by atoms with E-state index in [1.807, 2.05) is 30.1 Å². The van der Waals surface area contributed by atoms with Crippen LogP contribution in [0.4, 0.5) is 0 Å². The number of halogens is 1. The first kappa shape index (κ1) is 9.59. The lowest BCUT2D eigenvalue weighted by atomic mass is 10.4. The Morgan fingerprint density at radius 1 is 1.42 bits per heavy atom. The number of hydrogen-bond acceptors (Lipinski definition) is 1. The molecular weight excluding hydrogens is 234 g/mol. The van der Waals surface area contributed by atoms with E-state index in [-0.39, 0.29) is 0 Å². The van der Waals surface area contributed by atoms with E-state index in [4.69, 9.17) is 5.41 Å². The number of thioether (sulfide) groups is 1. The molecule has 0 bridgehead atoms. The van der Waals surface area contributed by atoms with Gasteiger partial charge in [0, 0.05) is 21.0 Å². The van der Waals surface area contributed by atoms with Gasteiger partial charge in [-0.1, -0.05) is 21.3 Å². The molecule has 0 aromatic heterocycles. The van der Waals surface area contributed by atoms with Crippen LogP contribution in [0.25, 0.3) is 0 Å². The second kappa shape index (κ2) is 5.20. The highest BCUT2D eigenvalue weighted by molar-refractivity contribution is 9.10. The van der Waals surface area contributed by atoms with E-state index in [2.05, 4.69) is 15.9 Å². The molecule has 1 rings (SSSR count). The highest BCUT2D eigenvalue weighted by Crippen LogP contribution is 2.20. The van der Waals surface area contributed by atoms with Gasteiger partial charge >= 0.3 is 0 Å². The van der Waals surface area contributed by atoms with E-state index in [9.17, 15) is 0 Å². The van der Waals surface area contributed by atoms with Crippen molar-refractivity contribution < 1.29 is 0 Å². The Labute approximate surface area is 84.5 Å². The standard InChI is InChI=1S/C9H7BrNS/c10-8-2-4-9(5-3-8)12-7-1-6-11/h1-5H,7H2. The monoisotopic (exact) mass is 240 g/mol. The highest BCUT2D eigenvalue weighted by atomic mass is 79.9. The largest absolute Gasteiger partial charge is 0.121 e. The summed E-state index contributed by atoms with van der Waals surface area (Å²) in [5.74, 6) is 2.74. The van der Waals surface area contributed by atoms with Crippen molar-refractivity contribution in [2.75, 3.05) is 5.75 Å². The van der Waals surface area contributed by atoms with Crippen LogP contribution in [0.5, 0.6) is 0 Å². The normalized spacial score (nSPS) is 9.08. The number of hydrogen-bond donors (Lipinski definition) is 0. The molecule has 1 nitrogen and oxygen atoms in total. The molecule has 3 heteroatoms. The van der Waals surface area contributed by atoms with Gasteiger partial charge in [0.15, 0.2) is 0 Å². The first-order valence-corrected chi connectivity index (χ1v) is 5.20. The smallest absolute Gasteiger partial charge is 0.0252 e. The van der Waals surface area contributed by atoms with Gasteiger partial charge in [0.1, 0.15) is 0 Å². The molecule has 0 saturated heterocycles. The van der Waals surface area contributed by atoms with Crippen molar-refractivity contribution in [3.05, 3.63) is 34.8 Å². The van der Waals surface area contributed by atoms with Gasteiger partial charge < -0.3 is 0 Å². The molecule has 1 aromatic carbocycles. The van der Waals surface area contributed by atoms with E-state index in [1.54, 1.807) is 17.8 Å². The number of nitrogens with zero attached hydrogens (tertiary/aromatic N) is 1. The summed E-state index contributed by atoms with van der Waals surface area (Å²) in [5, 5.41) is 8.26. The first-order valence-electron chi connectivity index (χ1n) is 3.42. The summed E-state index contributed by atoms with van der Waals surface area (Å²) < 4.78 is 1.08. The Morgan fingerprint density at radius 3 is 2.67 bits per heavy atom. The molecule has 0 aliphatic heterocycles. The second-order valence-corrected chi connectivity index (χ2v) is 4.11. The third-order valence-corrected chi connectivity index (χ3v) is 2.71. The minimum Gasteiger partial charge on any atom is -0.121 e. The molecule has 0 atom stereocenters. The van der Waals surface area contributed by atoms with Crippen molar-refractivity contribution in [2.45, 2.75) is 4.90 Å². The quantitative estimate of drug-likeness (QED) is 0.589. The zero-order valence-electron chi connectivity index (χ0n) is 6.33. The third kappa shape index (κ3) is 3.26. The Morgan fingerprint density at radius 2 is 2.08 bits per heavy atom. The number of rotatable bonds is 3. The van der Waals surface area contributed by atoms with Crippen LogP contribution in [0.2, 0.25) is 0 Å². The SMILES string of the molecule is [N]=C=CCSc1ccc(Br)cc1. The summed E-state index contributed by atoms with van der Waals surface area (Å²) in [6.45, 7) is 0. The summed E-state index contributed by atoms with van der Waals surface area (Å²) in [5.41, 5.74) is 0. The van der Waals surface area contributed by atoms with Gasteiger partial charge in [-0.25, -0.2) is 0 Å². The first-order chi connectivity index (χ1) is 5.83. The van der Waals surface area contributed by atoms with Gasteiger partial charge in [-0.15, -0.1) is 11.8 Å². The lowest BCUT2D eigenvalue weighted by molar-refractivity contribution is 1.44. The number of benzene rings is 1. The maximum absolute atomic E-state index is 8.26. The molecule has 0 aliphatic rings. The molecule has 0 amide bonds. The average Bonchev–Trinajstić information content (AvgIpc) is 2.09. The Hall–Kier alpha value is -0.500. The molecule has 61 valence electrons. The zero-order valence-corrected chi connectivity index (χ0v) is 8.73. The molecule has 0 fully saturated rings. The Kier molecular flexibility index (Phi) is 4.15. The Bertz CT molecular complexity index is 288. The van der Waals surface area contributed by atoms with Crippen LogP contribution in [0, 0.1) is 0 Å². The summed E-state index contributed by atoms with van der Waals surface area (Å²) >= 11 is 5.01. The van der Waals surface area contributed by atoms with Crippen LogP contribution < -0.4 is 5.41 Å². The van der Waals surface area contributed by atoms with Crippen molar-refractivity contribution in [1.29, 1.82) is 0 Å². The van der Waals surface area contributed by atoms with Gasteiger partial charge in [0.05, 0.1) is 0 Å². The fourth-order valence-electron chi connectivity index (χ4n) is 0.706. The molecule has 0 saturated carbocycles. The minimum atomic E-state index is 0.748. The predicted molar refractivity (Wildman–Crippen MR) is 56.6 cm³/mol. The van der Waals surface area contributed by atoms with Gasteiger partial charge in [-0.05, 0) is 30.3 Å². The van der Waals surface area contributed by atoms with Gasteiger partial charge in [-0.2, -0.15) is 0 Å². The fraction of sp³-hybridized carbons (Fsp3) is 0.111. The van der Waals surface area contributed by atoms with E-state index in [1.165, 1.54) is 4.90 Å². The minimum absolute atomic E-state index is 0.748. The fourth-order valence-corrected chi connectivity index (χ4v) is 1.65. The average molecular weight is 241 g/mol. The van der Waals surface area contributed by atoms with Crippen LogP contribution in [0.3, 0.4) is 0 Å². The van der Waals surface area contributed by atoms with Gasteiger partial charge in [0.2, 0.25) is 0 Å². The third-order valence-electron chi connectivity index (χ3n) is 1.24. The second-order valence-electron chi connectivity index (χ2n) is 2.10. The van der Waals surface area contributed by atoms with Crippen molar-refractivity contribution in [1.82, 2.24) is 5.41 Å². The molecule has 0 N–H and O–H groups in total. The van der Waals surface area contributed by atoms with Crippen LogP contribution in [-0.4, -0.2) is 11.6 Å². The zero-order chi connectivity index (χ0) is 8.81. The Balaban J connectivity index is 2.53. The summed E-state index contributed by atoms with van der Waals surface area (Å²) in [6.07, 6.45) is 1.59. The van der Waals surface area contributed by atoms with Crippen LogP contribution in [0.1, 0.15) is 0 Å². The maximum Gasteiger partial charge on any atom is 0.0252 e. The van der Waals surface area contributed by atoms with Crippen molar-refractivity contribution in [2.24, 2.45) is 0 Å². The van der Waals surface area contributed by atoms with E-state index >= 15 is 0 Å². The summed E-state index contributed by atoms with van der Waals surface area (Å²) in [7, 11) is 0. The molecule has 12 heavy (non-hydrogen) atoms. The van der Waals surface area contributed by atoms with Crippen molar-refractivity contribution in [3.8, 4) is 0 Å². The topological polar surface area (TPSA) is 22.3 Å². The molecular formula is C9H7BrNS. The predicted octanol–water partition coefficient (Wildman–Crippen LogP) is 2.57. The molecule has 1 aromatic rings. The highest BCUT2D eigenvalue weighted by Gasteiger charge is 1.90. The van der Waals surface area contributed by atoms with E-state index < -0.39 is 0 Å². The van der Waals surface area contributed by atoms with E-state index in [0.29, 0.717) is 0 Å². The molecule has 1 radical (unpaired) electrons. The van der Waals surface area contributed by atoms with Gasteiger partial charge in [0.25, 0.3) is 0 Å². The summed E-state index contributed by atoms with van der Waals surface area (Å²) in [6, 6.07) is 8.04. The summed E-state index contributed by atoms with van der Waals surface area (Å²) in [4.78, 5) is 1.18. The van der Waals surface area contributed by atoms with Crippen LogP contribution >= 0.6 is 27.7 Å². The lowest BCUT2D eigenvalue weighted by Crippen LogP contribution is -1.73. The maximum atomic E-state index is 8.26. The molecule has 0 spiro atoms. The van der Waals surface area contributed by atoms with Crippen LogP contribution in [0.15, 0.2) is 39.7 Å². The van der Waals surface area contributed by atoms with E-state index in [0.717, 1.165) is 10.2 Å². The molecule has 0 unspecified atom stereocenters. The molecule has 0 aliphatic carbocycles.